The van der Waals surface area contributed by atoms with Crippen molar-refractivity contribution < 1.29 is 9.53 Å². The van der Waals surface area contributed by atoms with Gasteiger partial charge in [0.25, 0.3) is 0 Å². The standard InChI is InChI=1S/C21H26N2O2/c1-23(19-10-6-3-7-11-19)15-14-22-20(24)21(12-16-25-17-13-21)18-8-4-2-5-9-18/h2-11H,12-17H2,1H3,(H,22,24). The molecule has 4 nitrogen and oxygen atoms in total. The summed E-state index contributed by atoms with van der Waals surface area (Å²) in [6.07, 6.45) is 1.47. The smallest absolute Gasteiger partial charge is 0.230 e. The second-order valence-electron chi connectivity index (χ2n) is 6.57. The second-order valence-corrected chi connectivity index (χ2v) is 6.57. The molecule has 0 saturated carbocycles. The number of carbonyl (C=O) groups excluding carboxylic acids is 1. The van der Waals surface area contributed by atoms with E-state index in [1.807, 2.05) is 43.4 Å². The monoisotopic (exact) mass is 338 g/mol. The summed E-state index contributed by atoms with van der Waals surface area (Å²) in [6, 6.07) is 20.3. The van der Waals surface area contributed by atoms with Gasteiger partial charge >= 0.3 is 0 Å². The highest BCUT2D eigenvalue weighted by Crippen LogP contribution is 2.35. The summed E-state index contributed by atoms with van der Waals surface area (Å²) in [7, 11) is 2.04. The van der Waals surface area contributed by atoms with Crippen molar-refractivity contribution in [3.63, 3.8) is 0 Å². The van der Waals surface area contributed by atoms with Gasteiger partial charge in [-0.25, -0.2) is 0 Å². The summed E-state index contributed by atoms with van der Waals surface area (Å²) in [5, 5.41) is 3.16. The van der Waals surface area contributed by atoms with Crippen LogP contribution in [0.15, 0.2) is 60.7 Å². The highest BCUT2D eigenvalue weighted by Gasteiger charge is 2.41. The molecular weight excluding hydrogens is 312 g/mol. The number of amides is 1. The summed E-state index contributed by atoms with van der Waals surface area (Å²) in [5.74, 6) is 0.114. The van der Waals surface area contributed by atoms with E-state index in [-0.39, 0.29) is 5.91 Å². The van der Waals surface area contributed by atoms with Crippen LogP contribution in [0.4, 0.5) is 5.69 Å². The number of rotatable bonds is 6. The van der Waals surface area contributed by atoms with Crippen molar-refractivity contribution in [2.24, 2.45) is 0 Å². The third-order valence-electron chi connectivity index (χ3n) is 5.04. The maximum atomic E-state index is 13.1. The zero-order valence-corrected chi connectivity index (χ0v) is 14.8. The highest BCUT2D eigenvalue weighted by molar-refractivity contribution is 5.88. The molecule has 4 heteroatoms. The van der Waals surface area contributed by atoms with Crippen molar-refractivity contribution in [2.75, 3.05) is 38.3 Å². The average molecular weight is 338 g/mol. The van der Waals surface area contributed by atoms with Crippen molar-refractivity contribution in [2.45, 2.75) is 18.3 Å². The van der Waals surface area contributed by atoms with E-state index in [0.717, 1.165) is 30.6 Å². The molecule has 0 aliphatic carbocycles. The van der Waals surface area contributed by atoms with Crippen molar-refractivity contribution in [1.82, 2.24) is 5.32 Å². The average Bonchev–Trinajstić information content (AvgIpc) is 2.69. The van der Waals surface area contributed by atoms with Crippen LogP contribution in [0.5, 0.6) is 0 Å². The molecule has 1 N–H and O–H groups in total. The predicted molar refractivity (Wildman–Crippen MR) is 101 cm³/mol. The van der Waals surface area contributed by atoms with E-state index in [0.29, 0.717) is 19.8 Å². The Labute approximate surface area is 149 Å². The van der Waals surface area contributed by atoms with Gasteiger partial charge in [0.1, 0.15) is 0 Å². The fourth-order valence-corrected chi connectivity index (χ4v) is 3.44. The lowest BCUT2D eigenvalue weighted by Gasteiger charge is -2.36. The Bertz CT molecular complexity index is 667. The van der Waals surface area contributed by atoms with Gasteiger partial charge in [0.15, 0.2) is 0 Å². The summed E-state index contributed by atoms with van der Waals surface area (Å²) in [4.78, 5) is 15.2. The zero-order valence-electron chi connectivity index (χ0n) is 14.8. The van der Waals surface area contributed by atoms with Crippen molar-refractivity contribution in [1.29, 1.82) is 0 Å². The lowest BCUT2D eigenvalue weighted by atomic mass is 9.73. The minimum Gasteiger partial charge on any atom is -0.381 e. The van der Waals surface area contributed by atoms with E-state index >= 15 is 0 Å². The molecule has 0 aromatic heterocycles. The molecule has 1 heterocycles. The van der Waals surface area contributed by atoms with Crippen LogP contribution in [-0.4, -0.2) is 39.3 Å². The zero-order chi connectivity index (χ0) is 17.5. The van der Waals surface area contributed by atoms with Crippen LogP contribution in [0, 0.1) is 0 Å². The third-order valence-corrected chi connectivity index (χ3v) is 5.04. The Kier molecular flexibility index (Phi) is 5.71. The minimum atomic E-state index is -0.467. The first-order valence-corrected chi connectivity index (χ1v) is 8.90. The van der Waals surface area contributed by atoms with Gasteiger partial charge in [0.05, 0.1) is 5.41 Å². The molecule has 2 aromatic rings. The number of benzene rings is 2. The third kappa shape index (κ3) is 4.02. The fourth-order valence-electron chi connectivity index (χ4n) is 3.44. The Morgan fingerprint density at radius 1 is 1.04 bits per heavy atom. The fraction of sp³-hybridized carbons (Fsp3) is 0.381. The molecule has 2 aromatic carbocycles. The molecule has 0 unspecified atom stereocenters. The van der Waals surface area contributed by atoms with Gasteiger partial charge in [-0.05, 0) is 30.5 Å². The molecule has 132 valence electrons. The molecular formula is C21H26N2O2. The number of nitrogens with one attached hydrogen (secondary N) is 1. The molecule has 1 aliphatic heterocycles. The number of carbonyl (C=O) groups is 1. The van der Waals surface area contributed by atoms with E-state index in [1.54, 1.807) is 0 Å². The lowest BCUT2D eigenvalue weighted by Crippen LogP contribution is -2.49. The molecule has 3 rings (SSSR count). The first kappa shape index (κ1) is 17.5. The van der Waals surface area contributed by atoms with Gasteiger partial charge in [-0.3, -0.25) is 4.79 Å². The minimum absolute atomic E-state index is 0.114. The number of para-hydroxylation sites is 1. The lowest BCUT2D eigenvalue weighted by molar-refractivity contribution is -0.130. The SMILES string of the molecule is CN(CCNC(=O)C1(c2ccccc2)CCOCC1)c1ccccc1. The number of likely N-dealkylation sites (N-methyl/N-ethyl adjacent to an activating group) is 1. The largest absolute Gasteiger partial charge is 0.381 e. The highest BCUT2D eigenvalue weighted by atomic mass is 16.5. The summed E-state index contributed by atoms with van der Waals surface area (Å²) in [5.41, 5.74) is 1.78. The van der Waals surface area contributed by atoms with E-state index in [4.69, 9.17) is 4.74 Å². The molecule has 1 aliphatic rings. The molecule has 0 radical (unpaired) electrons. The first-order valence-electron chi connectivity index (χ1n) is 8.90. The van der Waals surface area contributed by atoms with Crippen LogP contribution in [0.3, 0.4) is 0 Å². The number of hydrogen-bond donors (Lipinski definition) is 1. The molecule has 0 bridgehead atoms. The summed E-state index contributed by atoms with van der Waals surface area (Å²) >= 11 is 0. The predicted octanol–water partition coefficient (Wildman–Crippen LogP) is 2.99. The van der Waals surface area contributed by atoms with Crippen molar-refractivity contribution in [3.8, 4) is 0 Å². The number of anilines is 1. The van der Waals surface area contributed by atoms with Crippen LogP contribution in [0.25, 0.3) is 0 Å². The van der Waals surface area contributed by atoms with E-state index < -0.39 is 5.41 Å². The normalized spacial score (nSPS) is 16.2. The topological polar surface area (TPSA) is 41.6 Å². The van der Waals surface area contributed by atoms with Gasteiger partial charge in [-0.15, -0.1) is 0 Å². The molecule has 0 atom stereocenters. The van der Waals surface area contributed by atoms with Gasteiger partial charge in [-0.2, -0.15) is 0 Å². The maximum absolute atomic E-state index is 13.1. The number of hydrogen-bond acceptors (Lipinski definition) is 3. The van der Waals surface area contributed by atoms with Gasteiger partial charge in [-0.1, -0.05) is 48.5 Å². The van der Waals surface area contributed by atoms with Gasteiger partial charge in [0, 0.05) is 39.0 Å². The van der Waals surface area contributed by atoms with Gasteiger partial charge < -0.3 is 15.0 Å². The van der Waals surface area contributed by atoms with Crippen molar-refractivity contribution >= 4 is 11.6 Å². The summed E-state index contributed by atoms with van der Waals surface area (Å²) < 4.78 is 5.51. The Morgan fingerprint density at radius 3 is 2.28 bits per heavy atom. The Balaban J connectivity index is 1.63. The van der Waals surface area contributed by atoms with E-state index in [1.165, 1.54) is 0 Å². The number of ether oxygens (including phenoxy) is 1. The van der Waals surface area contributed by atoms with Crippen LogP contribution in [0.2, 0.25) is 0 Å². The van der Waals surface area contributed by atoms with Crippen LogP contribution in [-0.2, 0) is 14.9 Å². The second kappa shape index (κ2) is 8.17. The first-order chi connectivity index (χ1) is 12.2. The molecule has 1 saturated heterocycles. The quantitative estimate of drug-likeness (QED) is 0.880. The molecule has 25 heavy (non-hydrogen) atoms. The molecule has 1 amide bonds. The van der Waals surface area contributed by atoms with Crippen LogP contribution < -0.4 is 10.2 Å². The van der Waals surface area contributed by atoms with E-state index in [9.17, 15) is 4.79 Å². The maximum Gasteiger partial charge on any atom is 0.230 e. The van der Waals surface area contributed by atoms with Crippen molar-refractivity contribution in [3.05, 3.63) is 66.2 Å². The van der Waals surface area contributed by atoms with E-state index in [2.05, 4.69) is 34.5 Å². The summed E-state index contributed by atoms with van der Waals surface area (Å²) in [6.45, 7) is 2.66. The molecule has 0 spiro atoms. The van der Waals surface area contributed by atoms with Crippen LogP contribution in [0.1, 0.15) is 18.4 Å². The Morgan fingerprint density at radius 2 is 1.64 bits per heavy atom. The molecule has 1 fully saturated rings. The van der Waals surface area contributed by atoms with Gasteiger partial charge in [0.2, 0.25) is 5.91 Å². The van der Waals surface area contributed by atoms with Crippen LogP contribution >= 0.6 is 0 Å². The number of nitrogens with zero attached hydrogens (tertiary/aromatic N) is 1. The Hall–Kier alpha value is -2.33.